The Balaban J connectivity index is 2.15. The lowest BCUT2D eigenvalue weighted by molar-refractivity contribution is 1.11. The predicted molar refractivity (Wildman–Crippen MR) is 53.6 cm³/mol. The van der Waals surface area contributed by atoms with Crippen molar-refractivity contribution in [2.75, 3.05) is 5.73 Å². The second-order valence-electron chi connectivity index (χ2n) is 2.69. The summed E-state index contributed by atoms with van der Waals surface area (Å²) >= 11 is 1.65. The lowest BCUT2D eigenvalue weighted by atomic mass is 10.2. The second-order valence-corrected chi connectivity index (χ2v) is 3.67. The Hall–Kier alpha value is -1.42. The van der Waals surface area contributed by atoms with Gasteiger partial charge in [0.25, 0.3) is 0 Å². The van der Waals surface area contributed by atoms with Crippen LogP contribution in [0.1, 0.15) is 10.6 Å². The summed E-state index contributed by atoms with van der Waals surface area (Å²) in [6.45, 7) is 0. The number of pyridine rings is 1. The fourth-order valence-electron chi connectivity index (χ4n) is 1.06. The third kappa shape index (κ3) is 2.03. The Labute approximate surface area is 80.3 Å². The molecule has 4 heteroatoms. The minimum Gasteiger partial charge on any atom is -0.384 e. The molecule has 2 aromatic heterocycles. The number of thiazole rings is 1. The van der Waals surface area contributed by atoms with E-state index >= 15 is 0 Å². The van der Waals surface area contributed by atoms with Crippen molar-refractivity contribution in [2.24, 2.45) is 0 Å². The van der Waals surface area contributed by atoms with Crippen LogP contribution in [0.5, 0.6) is 0 Å². The molecule has 13 heavy (non-hydrogen) atoms. The largest absolute Gasteiger partial charge is 0.384 e. The van der Waals surface area contributed by atoms with Gasteiger partial charge in [0.15, 0.2) is 0 Å². The van der Waals surface area contributed by atoms with Crippen LogP contribution in [-0.4, -0.2) is 9.97 Å². The Morgan fingerprint density at radius 3 is 2.85 bits per heavy atom. The molecular weight excluding hydrogens is 182 g/mol. The molecule has 0 fully saturated rings. The van der Waals surface area contributed by atoms with Gasteiger partial charge < -0.3 is 5.73 Å². The monoisotopic (exact) mass is 191 g/mol. The first kappa shape index (κ1) is 8.19. The molecule has 0 amide bonds. The zero-order valence-electron chi connectivity index (χ0n) is 6.97. The van der Waals surface area contributed by atoms with Gasteiger partial charge in [-0.3, -0.25) is 0 Å². The average molecular weight is 191 g/mol. The maximum Gasteiger partial charge on any atom is 0.123 e. The van der Waals surface area contributed by atoms with Gasteiger partial charge in [-0.2, -0.15) is 0 Å². The van der Waals surface area contributed by atoms with Crippen LogP contribution < -0.4 is 5.73 Å². The van der Waals surface area contributed by atoms with E-state index in [1.165, 1.54) is 0 Å². The molecule has 0 unspecified atom stereocenters. The number of hydrogen-bond acceptors (Lipinski definition) is 4. The summed E-state index contributed by atoms with van der Waals surface area (Å²) in [5.41, 5.74) is 6.62. The van der Waals surface area contributed by atoms with Gasteiger partial charge in [0.1, 0.15) is 5.82 Å². The van der Waals surface area contributed by atoms with Crippen LogP contribution in [0, 0.1) is 0 Å². The zero-order valence-corrected chi connectivity index (χ0v) is 7.79. The van der Waals surface area contributed by atoms with E-state index in [0.29, 0.717) is 5.82 Å². The summed E-state index contributed by atoms with van der Waals surface area (Å²) in [4.78, 5) is 8.21. The van der Waals surface area contributed by atoms with Crippen LogP contribution in [0.2, 0.25) is 0 Å². The average Bonchev–Trinajstić information content (AvgIpc) is 2.62. The standard InChI is InChI=1S/C9H9N3S/c10-8-2-1-7(6-12-8)5-9-11-3-4-13-9/h1-4,6H,5H2,(H2,10,12). The normalized spacial score (nSPS) is 10.2. The van der Waals surface area contributed by atoms with Crippen LogP contribution in [-0.2, 0) is 6.42 Å². The van der Waals surface area contributed by atoms with E-state index in [9.17, 15) is 0 Å². The van der Waals surface area contributed by atoms with E-state index in [-0.39, 0.29) is 0 Å². The summed E-state index contributed by atoms with van der Waals surface area (Å²) in [6, 6.07) is 3.78. The van der Waals surface area contributed by atoms with Crippen molar-refractivity contribution in [3.63, 3.8) is 0 Å². The predicted octanol–water partition coefficient (Wildman–Crippen LogP) is 1.71. The molecular formula is C9H9N3S. The Morgan fingerprint density at radius 1 is 1.31 bits per heavy atom. The first-order valence-electron chi connectivity index (χ1n) is 3.93. The number of hydrogen-bond donors (Lipinski definition) is 1. The summed E-state index contributed by atoms with van der Waals surface area (Å²) in [7, 11) is 0. The Kier molecular flexibility index (Phi) is 2.23. The third-order valence-electron chi connectivity index (χ3n) is 1.69. The van der Waals surface area contributed by atoms with E-state index in [0.717, 1.165) is 17.0 Å². The molecule has 0 bridgehead atoms. The maximum atomic E-state index is 5.48. The molecule has 2 heterocycles. The van der Waals surface area contributed by atoms with E-state index in [4.69, 9.17) is 5.73 Å². The highest BCUT2D eigenvalue weighted by molar-refractivity contribution is 7.09. The Morgan fingerprint density at radius 2 is 2.23 bits per heavy atom. The quantitative estimate of drug-likeness (QED) is 0.786. The lowest BCUT2D eigenvalue weighted by Crippen LogP contribution is -1.92. The van der Waals surface area contributed by atoms with Gasteiger partial charge in [-0.25, -0.2) is 9.97 Å². The number of aromatic nitrogens is 2. The molecule has 2 rings (SSSR count). The molecule has 66 valence electrons. The molecule has 0 aromatic carbocycles. The molecule has 0 atom stereocenters. The topological polar surface area (TPSA) is 51.8 Å². The van der Waals surface area contributed by atoms with Gasteiger partial charge in [-0.1, -0.05) is 6.07 Å². The molecule has 3 nitrogen and oxygen atoms in total. The minimum absolute atomic E-state index is 0.558. The third-order valence-corrected chi connectivity index (χ3v) is 2.47. The molecule has 0 aliphatic heterocycles. The van der Waals surface area contributed by atoms with Crippen molar-refractivity contribution < 1.29 is 0 Å². The van der Waals surface area contributed by atoms with Gasteiger partial charge >= 0.3 is 0 Å². The Bertz CT molecular complexity index is 366. The van der Waals surface area contributed by atoms with E-state index in [1.807, 2.05) is 23.7 Å². The molecule has 0 saturated heterocycles. The highest BCUT2D eigenvalue weighted by atomic mass is 32.1. The number of anilines is 1. The first-order valence-corrected chi connectivity index (χ1v) is 4.81. The van der Waals surface area contributed by atoms with Crippen molar-refractivity contribution >= 4 is 17.2 Å². The second kappa shape index (κ2) is 3.53. The van der Waals surface area contributed by atoms with Crippen molar-refractivity contribution in [2.45, 2.75) is 6.42 Å². The molecule has 0 spiro atoms. The number of nitrogen functional groups attached to an aromatic ring is 1. The molecule has 0 aliphatic rings. The minimum atomic E-state index is 0.558. The fourth-order valence-corrected chi connectivity index (χ4v) is 1.71. The van der Waals surface area contributed by atoms with E-state index in [2.05, 4.69) is 9.97 Å². The maximum absolute atomic E-state index is 5.48. The van der Waals surface area contributed by atoms with Gasteiger partial charge in [0.2, 0.25) is 0 Å². The zero-order chi connectivity index (χ0) is 9.10. The van der Waals surface area contributed by atoms with E-state index < -0.39 is 0 Å². The molecule has 2 N–H and O–H groups in total. The highest BCUT2D eigenvalue weighted by Crippen LogP contribution is 2.11. The van der Waals surface area contributed by atoms with Gasteiger partial charge in [0, 0.05) is 24.2 Å². The smallest absolute Gasteiger partial charge is 0.123 e. The number of nitrogens with two attached hydrogens (primary N) is 1. The van der Waals surface area contributed by atoms with Crippen molar-refractivity contribution in [3.8, 4) is 0 Å². The summed E-state index contributed by atoms with van der Waals surface area (Å²) in [5, 5.41) is 3.08. The van der Waals surface area contributed by atoms with Crippen LogP contribution >= 0.6 is 11.3 Å². The lowest BCUT2D eigenvalue weighted by Gasteiger charge is -1.97. The van der Waals surface area contributed by atoms with Gasteiger partial charge in [-0.05, 0) is 11.6 Å². The summed E-state index contributed by atoms with van der Waals surface area (Å²) in [5.74, 6) is 0.558. The van der Waals surface area contributed by atoms with Gasteiger partial charge in [-0.15, -0.1) is 11.3 Å². The van der Waals surface area contributed by atoms with Crippen molar-refractivity contribution in [1.82, 2.24) is 9.97 Å². The molecule has 2 aromatic rings. The fraction of sp³-hybridized carbons (Fsp3) is 0.111. The van der Waals surface area contributed by atoms with E-state index in [1.54, 1.807) is 17.5 Å². The molecule has 0 radical (unpaired) electrons. The van der Waals surface area contributed by atoms with Crippen LogP contribution in [0.25, 0.3) is 0 Å². The van der Waals surface area contributed by atoms with Gasteiger partial charge in [0.05, 0.1) is 5.01 Å². The molecule has 0 aliphatic carbocycles. The summed E-state index contributed by atoms with van der Waals surface area (Å²) < 4.78 is 0. The number of rotatable bonds is 2. The van der Waals surface area contributed by atoms with Crippen LogP contribution in [0.4, 0.5) is 5.82 Å². The van der Waals surface area contributed by atoms with Crippen LogP contribution in [0.15, 0.2) is 29.9 Å². The highest BCUT2D eigenvalue weighted by Gasteiger charge is 1.98. The number of nitrogens with zero attached hydrogens (tertiary/aromatic N) is 2. The van der Waals surface area contributed by atoms with Crippen LogP contribution in [0.3, 0.4) is 0 Å². The summed E-state index contributed by atoms with van der Waals surface area (Å²) in [6.07, 6.45) is 4.44. The SMILES string of the molecule is Nc1ccc(Cc2nccs2)cn1. The van der Waals surface area contributed by atoms with Crippen molar-refractivity contribution in [1.29, 1.82) is 0 Å². The molecule has 0 saturated carbocycles. The first-order chi connectivity index (χ1) is 6.34. The van der Waals surface area contributed by atoms with Crippen molar-refractivity contribution in [3.05, 3.63) is 40.5 Å².